The third kappa shape index (κ3) is 5.06. The summed E-state index contributed by atoms with van der Waals surface area (Å²) >= 11 is 0. The molecule has 0 heterocycles. The number of ether oxygens (including phenoxy) is 1. The quantitative estimate of drug-likeness (QED) is 0.801. The molecule has 1 aromatic carbocycles. The Morgan fingerprint density at radius 2 is 1.82 bits per heavy atom. The molecule has 0 saturated heterocycles. The first kappa shape index (κ1) is 18.0. The minimum Gasteiger partial charge on any atom is -0.482 e. The van der Waals surface area contributed by atoms with Gasteiger partial charge in [-0.1, -0.05) is 27.2 Å². The number of carbonyl (C=O) groups is 2. The van der Waals surface area contributed by atoms with Crippen molar-refractivity contribution in [2.75, 3.05) is 18.6 Å². The van der Waals surface area contributed by atoms with Gasteiger partial charge in [0, 0.05) is 18.7 Å². The lowest BCUT2D eigenvalue weighted by molar-refractivity contribution is -0.139. The number of aliphatic carboxylic acids is 1. The number of amides is 1. The molecule has 0 bridgehead atoms. The number of carbonyl (C=O) groups excluding carboxylic acids is 1. The molecule has 1 amide bonds. The molecular formula is C17H25NO4. The Bertz CT molecular complexity index is 496. The number of benzene rings is 1. The molecule has 0 aliphatic carbocycles. The molecule has 5 nitrogen and oxygen atoms in total. The van der Waals surface area contributed by atoms with Crippen LogP contribution in [-0.2, 0) is 9.59 Å². The number of hydrogen-bond donors (Lipinski definition) is 1. The number of anilines is 1. The summed E-state index contributed by atoms with van der Waals surface area (Å²) in [4.78, 5) is 24.7. The van der Waals surface area contributed by atoms with E-state index in [1.807, 2.05) is 0 Å². The average Bonchev–Trinajstić information content (AvgIpc) is 2.49. The average molecular weight is 307 g/mol. The summed E-state index contributed by atoms with van der Waals surface area (Å²) in [5, 5.41) is 8.58. The highest BCUT2D eigenvalue weighted by atomic mass is 16.5. The van der Waals surface area contributed by atoms with Crippen LogP contribution in [0.4, 0.5) is 5.69 Å². The Hall–Kier alpha value is -2.04. The molecule has 1 unspecified atom stereocenters. The van der Waals surface area contributed by atoms with Gasteiger partial charge in [0.2, 0.25) is 5.91 Å². The van der Waals surface area contributed by atoms with Crippen LogP contribution < -0.4 is 9.64 Å². The van der Waals surface area contributed by atoms with Crippen LogP contribution in [0.25, 0.3) is 0 Å². The lowest BCUT2D eigenvalue weighted by Crippen LogP contribution is -2.35. The van der Waals surface area contributed by atoms with E-state index in [1.54, 1.807) is 36.2 Å². The van der Waals surface area contributed by atoms with Crippen molar-refractivity contribution in [3.05, 3.63) is 24.3 Å². The van der Waals surface area contributed by atoms with Crippen molar-refractivity contribution in [2.24, 2.45) is 11.8 Å². The van der Waals surface area contributed by atoms with E-state index in [0.29, 0.717) is 11.7 Å². The van der Waals surface area contributed by atoms with Gasteiger partial charge in [0.25, 0.3) is 0 Å². The monoisotopic (exact) mass is 307 g/mol. The standard InChI is InChI=1S/C17H25NO4/c1-5-6-15(12(2)3)17(21)18(4)13-7-9-14(10-8-13)22-11-16(19)20/h7-10,12,15H,5-6,11H2,1-4H3,(H,19,20). The van der Waals surface area contributed by atoms with Crippen molar-refractivity contribution >= 4 is 17.6 Å². The minimum atomic E-state index is -1.02. The molecule has 1 aromatic rings. The lowest BCUT2D eigenvalue weighted by atomic mass is 9.90. The van der Waals surface area contributed by atoms with Crippen molar-refractivity contribution in [1.29, 1.82) is 0 Å². The third-order valence-corrected chi connectivity index (χ3v) is 3.64. The highest BCUT2D eigenvalue weighted by Crippen LogP contribution is 2.24. The predicted octanol–water partition coefficient (Wildman–Crippen LogP) is 3.19. The Kier molecular flexibility index (Phi) is 6.89. The van der Waals surface area contributed by atoms with Crippen LogP contribution in [0.1, 0.15) is 33.6 Å². The maximum Gasteiger partial charge on any atom is 0.341 e. The number of nitrogens with zero attached hydrogens (tertiary/aromatic N) is 1. The largest absolute Gasteiger partial charge is 0.482 e. The molecule has 0 spiro atoms. The molecule has 5 heteroatoms. The second-order valence-electron chi connectivity index (χ2n) is 5.71. The molecule has 1 N–H and O–H groups in total. The second-order valence-corrected chi connectivity index (χ2v) is 5.71. The second kappa shape index (κ2) is 8.41. The highest BCUT2D eigenvalue weighted by Gasteiger charge is 2.25. The Balaban J connectivity index is 2.77. The van der Waals surface area contributed by atoms with E-state index in [4.69, 9.17) is 9.84 Å². The summed E-state index contributed by atoms with van der Waals surface area (Å²) in [5.41, 5.74) is 0.773. The summed E-state index contributed by atoms with van der Waals surface area (Å²) in [6.45, 7) is 5.83. The van der Waals surface area contributed by atoms with Gasteiger partial charge in [-0.15, -0.1) is 0 Å². The van der Waals surface area contributed by atoms with Crippen molar-refractivity contribution < 1.29 is 19.4 Å². The first-order valence-electron chi connectivity index (χ1n) is 7.59. The van der Waals surface area contributed by atoms with Gasteiger partial charge in [0.05, 0.1) is 0 Å². The van der Waals surface area contributed by atoms with Gasteiger partial charge < -0.3 is 14.7 Å². The first-order chi connectivity index (χ1) is 10.4. The van der Waals surface area contributed by atoms with Gasteiger partial charge in [-0.3, -0.25) is 4.79 Å². The first-order valence-corrected chi connectivity index (χ1v) is 7.59. The fourth-order valence-corrected chi connectivity index (χ4v) is 2.34. The fourth-order valence-electron chi connectivity index (χ4n) is 2.34. The molecule has 0 aliphatic rings. The summed E-state index contributed by atoms with van der Waals surface area (Å²) in [7, 11) is 1.76. The molecule has 0 fully saturated rings. The zero-order chi connectivity index (χ0) is 16.7. The van der Waals surface area contributed by atoms with Gasteiger partial charge in [-0.2, -0.15) is 0 Å². The molecule has 22 heavy (non-hydrogen) atoms. The summed E-state index contributed by atoms with van der Waals surface area (Å²) in [6, 6.07) is 6.87. The van der Waals surface area contributed by atoms with Gasteiger partial charge in [-0.25, -0.2) is 4.79 Å². The van der Waals surface area contributed by atoms with Gasteiger partial charge in [-0.05, 0) is 36.6 Å². The van der Waals surface area contributed by atoms with E-state index < -0.39 is 5.97 Å². The van der Waals surface area contributed by atoms with E-state index in [1.165, 1.54) is 0 Å². The molecule has 0 aliphatic heterocycles. The maximum atomic E-state index is 12.6. The van der Waals surface area contributed by atoms with Gasteiger partial charge in [0.1, 0.15) is 5.75 Å². The van der Waals surface area contributed by atoms with Crippen LogP contribution in [0.3, 0.4) is 0 Å². The Morgan fingerprint density at radius 1 is 1.23 bits per heavy atom. The highest BCUT2D eigenvalue weighted by molar-refractivity contribution is 5.94. The van der Waals surface area contributed by atoms with E-state index >= 15 is 0 Å². The number of carboxylic acids is 1. The molecule has 0 radical (unpaired) electrons. The van der Waals surface area contributed by atoms with Crippen LogP contribution in [0.15, 0.2) is 24.3 Å². The zero-order valence-corrected chi connectivity index (χ0v) is 13.7. The number of rotatable bonds is 8. The van der Waals surface area contributed by atoms with Gasteiger partial charge in [0.15, 0.2) is 6.61 Å². The number of hydrogen-bond acceptors (Lipinski definition) is 3. The van der Waals surface area contributed by atoms with E-state index in [9.17, 15) is 9.59 Å². The molecular weight excluding hydrogens is 282 g/mol. The molecule has 122 valence electrons. The van der Waals surface area contributed by atoms with Crippen molar-refractivity contribution in [3.8, 4) is 5.75 Å². The van der Waals surface area contributed by atoms with Crippen molar-refractivity contribution in [2.45, 2.75) is 33.6 Å². The topological polar surface area (TPSA) is 66.8 Å². The summed E-state index contributed by atoms with van der Waals surface area (Å²) in [5.74, 6) is -0.126. The lowest BCUT2D eigenvalue weighted by Gasteiger charge is -2.26. The van der Waals surface area contributed by atoms with Crippen LogP contribution >= 0.6 is 0 Å². The molecule has 1 rings (SSSR count). The summed E-state index contributed by atoms with van der Waals surface area (Å²) < 4.78 is 5.08. The van der Waals surface area contributed by atoms with Crippen LogP contribution in [0.5, 0.6) is 5.75 Å². The zero-order valence-electron chi connectivity index (χ0n) is 13.7. The minimum absolute atomic E-state index is 0.0120. The van der Waals surface area contributed by atoms with E-state index in [0.717, 1.165) is 18.5 Å². The molecule has 0 aromatic heterocycles. The van der Waals surface area contributed by atoms with Crippen LogP contribution in [0, 0.1) is 11.8 Å². The Morgan fingerprint density at radius 3 is 2.27 bits per heavy atom. The molecule has 1 atom stereocenters. The number of carboxylic acid groups (broad SMARTS) is 1. The van der Waals surface area contributed by atoms with Crippen molar-refractivity contribution in [3.63, 3.8) is 0 Å². The smallest absolute Gasteiger partial charge is 0.341 e. The fraction of sp³-hybridized carbons (Fsp3) is 0.529. The SMILES string of the molecule is CCCC(C(=O)N(C)c1ccc(OCC(=O)O)cc1)C(C)C. The normalized spacial score (nSPS) is 12.0. The van der Waals surface area contributed by atoms with Crippen molar-refractivity contribution in [1.82, 2.24) is 0 Å². The summed E-state index contributed by atoms with van der Waals surface area (Å²) in [6.07, 6.45) is 1.85. The van der Waals surface area contributed by atoms with E-state index in [2.05, 4.69) is 20.8 Å². The predicted molar refractivity (Wildman–Crippen MR) is 86.2 cm³/mol. The van der Waals surface area contributed by atoms with E-state index in [-0.39, 0.29) is 18.4 Å². The van der Waals surface area contributed by atoms with Crippen LogP contribution in [0.2, 0.25) is 0 Å². The Labute approximate surface area is 131 Å². The van der Waals surface area contributed by atoms with Gasteiger partial charge >= 0.3 is 5.97 Å². The third-order valence-electron chi connectivity index (χ3n) is 3.64. The molecule has 0 saturated carbocycles. The van der Waals surface area contributed by atoms with Crippen LogP contribution in [-0.4, -0.2) is 30.6 Å². The maximum absolute atomic E-state index is 12.6.